The lowest BCUT2D eigenvalue weighted by molar-refractivity contribution is 0.0613. The van der Waals surface area contributed by atoms with Gasteiger partial charge in [0.05, 0.1) is 13.7 Å². The third-order valence-corrected chi connectivity index (χ3v) is 4.42. The third kappa shape index (κ3) is 3.42. The summed E-state index contributed by atoms with van der Waals surface area (Å²) in [5.41, 5.74) is 1.38. The molecule has 6 nitrogen and oxygen atoms in total. The Kier molecular flexibility index (Phi) is 4.83. The van der Waals surface area contributed by atoms with Gasteiger partial charge in [-0.2, -0.15) is 0 Å². The molecule has 1 aliphatic rings. The van der Waals surface area contributed by atoms with Crippen molar-refractivity contribution >= 4 is 5.91 Å². The highest BCUT2D eigenvalue weighted by molar-refractivity contribution is 5.94. The molecule has 6 heteroatoms. The van der Waals surface area contributed by atoms with Gasteiger partial charge < -0.3 is 9.64 Å². The zero-order chi connectivity index (χ0) is 17.1. The molecule has 1 saturated heterocycles. The van der Waals surface area contributed by atoms with Crippen molar-refractivity contribution in [3.8, 4) is 5.88 Å². The second-order valence-electron chi connectivity index (χ2n) is 6.75. The summed E-state index contributed by atoms with van der Waals surface area (Å²) < 4.78 is 7.08. The first-order valence-electron chi connectivity index (χ1n) is 8.39. The largest absolute Gasteiger partial charge is 0.479 e. The predicted molar refractivity (Wildman–Crippen MR) is 91.0 cm³/mol. The molecule has 0 N–H and O–H groups in total. The highest BCUT2D eigenvalue weighted by atomic mass is 16.5. The van der Waals surface area contributed by atoms with Crippen LogP contribution >= 0.6 is 0 Å². The fraction of sp³-hybridized carbons (Fsp3) is 0.500. The molecule has 0 unspecified atom stereocenters. The van der Waals surface area contributed by atoms with Crippen molar-refractivity contribution in [2.24, 2.45) is 11.8 Å². The Morgan fingerprint density at radius 1 is 1.21 bits per heavy atom. The predicted octanol–water partition coefficient (Wildman–Crippen LogP) is 2.45. The monoisotopic (exact) mass is 328 g/mol. The first-order chi connectivity index (χ1) is 11.6. The Morgan fingerprint density at radius 2 is 1.88 bits per heavy atom. The van der Waals surface area contributed by atoms with E-state index in [2.05, 4.69) is 24.2 Å². The molecular formula is C18H24N4O2. The van der Waals surface area contributed by atoms with Crippen LogP contribution in [0.5, 0.6) is 5.88 Å². The van der Waals surface area contributed by atoms with E-state index in [9.17, 15) is 4.79 Å². The molecule has 0 radical (unpaired) electrons. The van der Waals surface area contributed by atoms with E-state index >= 15 is 0 Å². The van der Waals surface area contributed by atoms with Gasteiger partial charge in [-0.15, -0.1) is 5.10 Å². The van der Waals surface area contributed by atoms with Crippen LogP contribution in [0.25, 0.3) is 0 Å². The number of carbonyl (C=O) groups excluding carboxylic acids is 1. The number of carbonyl (C=O) groups is 1. The Labute approximate surface area is 142 Å². The molecular weight excluding hydrogens is 304 g/mol. The van der Waals surface area contributed by atoms with Crippen LogP contribution in [-0.2, 0) is 6.54 Å². The number of likely N-dealkylation sites (tertiary alicyclic amines) is 1. The van der Waals surface area contributed by atoms with Crippen molar-refractivity contribution < 1.29 is 9.53 Å². The molecule has 2 atom stereocenters. The van der Waals surface area contributed by atoms with Crippen LogP contribution in [0.1, 0.15) is 36.3 Å². The van der Waals surface area contributed by atoms with E-state index in [-0.39, 0.29) is 5.91 Å². The highest BCUT2D eigenvalue weighted by Gasteiger charge is 2.30. The van der Waals surface area contributed by atoms with Gasteiger partial charge in [-0.3, -0.25) is 4.79 Å². The molecule has 0 bridgehead atoms. The molecule has 3 rings (SSSR count). The minimum absolute atomic E-state index is 0.0930. The number of methoxy groups -OCH3 is 1. The number of aromatic nitrogens is 3. The molecule has 128 valence electrons. The molecule has 2 aromatic rings. The van der Waals surface area contributed by atoms with Gasteiger partial charge in [-0.1, -0.05) is 49.4 Å². The van der Waals surface area contributed by atoms with Gasteiger partial charge in [0.1, 0.15) is 0 Å². The van der Waals surface area contributed by atoms with Crippen molar-refractivity contribution in [3.63, 3.8) is 0 Å². The molecule has 1 aromatic carbocycles. The number of hydrogen-bond donors (Lipinski definition) is 0. The summed E-state index contributed by atoms with van der Waals surface area (Å²) in [6.45, 7) is 6.41. The number of benzene rings is 1. The maximum Gasteiger partial charge on any atom is 0.280 e. The molecule has 1 amide bonds. The summed E-state index contributed by atoms with van der Waals surface area (Å²) in [4.78, 5) is 14.7. The van der Waals surface area contributed by atoms with E-state index in [1.165, 1.54) is 0 Å². The summed E-state index contributed by atoms with van der Waals surface area (Å²) in [5.74, 6) is 1.34. The topological polar surface area (TPSA) is 60.2 Å². The summed E-state index contributed by atoms with van der Waals surface area (Å²) in [5, 5.41) is 8.24. The van der Waals surface area contributed by atoms with Gasteiger partial charge in [0.2, 0.25) is 11.6 Å². The minimum atomic E-state index is -0.0930. The zero-order valence-corrected chi connectivity index (χ0v) is 14.5. The van der Waals surface area contributed by atoms with E-state index in [0.717, 1.165) is 25.1 Å². The molecule has 1 aliphatic heterocycles. The van der Waals surface area contributed by atoms with Gasteiger partial charge in [-0.25, -0.2) is 4.68 Å². The smallest absolute Gasteiger partial charge is 0.280 e. The molecule has 0 saturated carbocycles. The number of piperidine rings is 1. The van der Waals surface area contributed by atoms with Crippen molar-refractivity contribution in [2.45, 2.75) is 26.8 Å². The Balaban J connectivity index is 1.82. The van der Waals surface area contributed by atoms with Gasteiger partial charge in [0.25, 0.3) is 5.91 Å². The zero-order valence-electron chi connectivity index (χ0n) is 14.5. The lowest BCUT2D eigenvalue weighted by Gasteiger charge is -2.34. The molecule has 24 heavy (non-hydrogen) atoms. The van der Waals surface area contributed by atoms with Crippen LogP contribution in [0.2, 0.25) is 0 Å². The van der Waals surface area contributed by atoms with Crippen LogP contribution in [0, 0.1) is 11.8 Å². The standard InChI is InChI=1S/C18H24N4O2/c1-13-9-14(2)11-21(10-13)17(23)16-18(24-3)22(20-19-16)12-15-7-5-4-6-8-15/h4-8,13-14H,9-12H2,1-3H3/t13-,14-/m1/s1. The number of amides is 1. The molecule has 1 aromatic heterocycles. The lowest BCUT2D eigenvalue weighted by atomic mass is 9.92. The van der Waals surface area contributed by atoms with Crippen LogP contribution in [0.4, 0.5) is 0 Å². The Hall–Kier alpha value is -2.37. The van der Waals surface area contributed by atoms with E-state index in [1.807, 2.05) is 35.2 Å². The maximum atomic E-state index is 12.9. The van der Waals surface area contributed by atoms with Gasteiger partial charge >= 0.3 is 0 Å². The number of hydrogen-bond acceptors (Lipinski definition) is 4. The summed E-state index contributed by atoms with van der Waals surface area (Å²) >= 11 is 0. The SMILES string of the molecule is COc1c(C(=O)N2C[C@H](C)C[C@@H](C)C2)nnn1Cc1ccccc1. The maximum absolute atomic E-state index is 12.9. The first-order valence-corrected chi connectivity index (χ1v) is 8.39. The van der Waals surface area contributed by atoms with E-state index in [0.29, 0.717) is 30.0 Å². The van der Waals surface area contributed by atoms with Crippen molar-refractivity contribution in [3.05, 3.63) is 41.6 Å². The third-order valence-electron chi connectivity index (χ3n) is 4.42. The van der Waals surface area contributed by atoms with Crippen LogP contribution < -0.4 is 4.74 Å². The Bertz CT molecular complexity index is 688. The average Bonchev–Trinajstić information content (AvgIpc) is 2.96. The molecule has 1 fully saturated rings. The van der Waals surface area contributed by atoms with Gasteiger partial charge in [0, 0.05) is 13.1 Å². The van der Waals surface area contributed by atoms with E-state index < -0.39 is 0 Å². The van der Waals surface area contributed by atoms with Crippen LogP contribution in [-0.4, -0.2) is 46.0 Å². The fourth-order valence-corrected chi connectivity index (χ4v) is 3.48. The quantitative estimate of drug-likeness (QED) is 0.865. The second-order valence-corrected chi connectivity index (χ2v) is 6.75. The molecule has 0 spiro atoms. The van der Waals surface area contributed by atoms with Crippen LogP contribution in [0.15, 0.2) is 30.3 Å². The van der Waals surface area contributed by atoms with Crippen molar-refractivity contribution in [1.29, 1.82) is 0 Å². The number of nitrogens with zero attached hydrogens (tertiary/aromatic N) is 4. The number of ether oxygens (including phenoxy) is 1. The van der Waals surface area contributed by atoms with E-state index in [1.54, 1.807) is 11.8 Å². The van der Waals surface area contributed by atoms with Gasteiger partial charge in [0.15, 0.2) is 0 Å². The molecule has 0 aliphatic carbocycles. The Morgan fingerprint density at radius 3 is 2.50 bits per heavy atom. The summed E-state index contributed by atoms with van der Waals surface area (Å²) in [6, 6.07) is 9.94. The fourth-order valence-electron chi connectivity index (χ4n) is 3.48. The highest BCUT2D eigenvalue weighted by Crippen LogP contribution is 2.25. The number of rotatable bonds is 4. The van der Waals surface area contributed by atoms with Crippen LogP contribution in [0.3, 0.4) is 0 Å². The first kappa shape index (κ1) is 16.5. The van der Waals surface area contributed by atoms with Crippen molar-refractivity contribution in [2.75, 3.05) is 20.2 Å². The van der Waals surface area contributed by atoms with E-state index in [4.69, 9.17) is 4.74 Å². The minimum Gasteiger partial charge on any atom is -0.479 e. The summed E-state index contributed by atoms with van der Waals surface area (Å²) in [6.07, 6.45) is 1.15. The average molecular weight is 328 g/mol. The van der Waals surface area contributed by atoms with Gasteiger partial charge in [-0.05, 0) is 23.8 Å². The lowest BCUT2D eigenvalue weighted by Crippen LogP contribution is -2.42. The van der Waals surface area contributed by atoms with Crippen molar-refractivity contribution in [1.82, 2.24) is 19.9 Å². The normalized spacial score (nSPS) is 20.9. The molecule has 2 heterocycles. The second kappa shape index (κ2) is 7.03. The summed E-state index contributed by atoms with van der Waals surface area (Å²) in [7, 11) is 1.55.